The van der Waals surface area contributed by atoms with Gasteiger partial charge in [0, 0.05) is 33.5 Å². The molecule has 30 heavy (non-hydrogen) atoms. The lowest BCUT2D eigenvalue weighted by atomic mass is 10.1. The molecule has 0 aliphatic heterocycles. The predicted molar refractivity (Wildman–Crippen MR) is 110 cm³/mol. The number of rotatable bonds is 13. The Morgan fingerprint density at radius 2 is 1.30 bits per heavy atom. The fourth-order valence-electron chi connectivity index (χ4n) is 2.46. The van der Waals surface area contributed by atoms with Gasteiger partial charge in [-0.15, -0.1) is 0 Å². The molecule has 0 bridgehead atoms. The van der Waals surface area contributed by atoms with Crippen molar-refractivity contribution in [3.05, 3.63) is 53.6 Å². The van der Waals surface area contributed by atoms with Crippen LogP contribution in [0.3, 0.4) is 0 Å². The zero-order valence-corrected chi connectivity index (χ0v) is 17.5. The summed E-state index contributed by atoms with van der Waals surface area (Å²) in [7, 11) is 6.07. The number of ketones is 1. The summed E-state index contributed by atoms with van der Waals surface area (Å²) < 4.78 is 36.7. The largest absolute Gasteiger partial charge is 0.497 e. The summed E-state index contributed by atoms with van der Waals surface area (Å²) in [5.74, 6) is 1.32. The Hall–Kier alpha value is -3.07. The molecule has 0 N–H and O–H groups in total. The summed E-state index contributed by atoms with van der Waals surface area (Å²) >= 11 is 0. The van der Waals surface area contributed by atoms with Gasteiger partial charge in [-0.2, -0.15) is 0 Å². The second-order valence-electron chi connectivity index (χ2n) is 5.92. The number of hydrogen-bond acceptors (Lipinski definition) is 8. The molecule has 0 unspecified atom stereocenters. The van der Waals surface area contributed by atoms with Crippen molar-refractivity contribution in [2.24, 2.45) is 0 Å². The number of methoxy groups -OCH3 is 4. The molecule has 0 aromatic heterocycles. The Kier molecular flexibility index (Phi) is 9.66. The van der Waals surface area contributed by atoms with E-state index in [0.717, 1.165) is 11.3 Å². The van der Waals surface area contributed by atoms with Crippen LogP contribution in [-0.4, -0.2) is 54.6 Å². The van der Waals surface area contributed by atoms with Crippen LogP contribution in [0.5, 0.6) is 23.0 Å². The molecule has 0 spiro atoms. The van der Waals surface area contributed by atoms with E-state index in [0.29, 0.717) is 5.75 Å². The van der Waals surface area contributed by atoms with E-state index in [1.807, 2.05) is 24.3 Å². The number of benzene rings is 2. The third kappa shape index (κ3) is 6.77. The van der Waals surface area contributed by atoms with Crippen LogP contribution in [0, 0.1) is 0 Å². The van der Waals surface area contributed by atoms with E-state index in [2.05, 4.69) is 0 Å². The summed E-state index contributed by atoms with van der Waals surface area (Å²) in [5, 5.41) is 0. The number of allylic oxidation sites excluding steroid dienone is 1. The van der Waals surface area contributed by atoms with Crippen molar-refractivity contribution in [2.45, 2.75) is 0 Å². The van der Waals surface area contributed by atoms with Crippen molar-refractivity contribution >= 4 is 11.9 Å². The maximum atomic E-state index is 13.0. The molecule has 0 amide bonds. The molecule has 8 nitrogen and oxygen atoms in total. The number of carbonyl (C=O) groups excluding carboxylic acids is 1. The average Bonchev–Trinajstić information content (AvgIpc) is 2.78. The first-order valence-electron chi connectivity index (χ1n) is 9.02. The molecule has 162 valence electrons. The number of hydrogen-bond donors (Lipinski definition) is 0. The summed E-state index contributed by atoms with van der Waals surface area (Å²) in [6, 6.07) is 10.5. The quantitative estimate of drug-likeness (QED) is 0.278. The van der Waals surface area contributed by atoms with Gasteiger partial charge < -0.3 is 33.2 Å². The SMILES string of the molecule is COCOc1cc(OCOC)c(C(=O)/C=C/c2ccc(OC)cc2)c(OCOC)c1. The van der Waals surface area contributed by atoms with Gasteiger partial charge in [-0.3, -0.25) is 4.79 Å². The highest BCUT2D eigenvalue weighted by molar-refractivity contribution is 6.10. The van der Waals surface area contributed by atoms with Crippen molar-refractivity contribution in [1.82, 2.24) is 0 Å². The fourth-order valence-corrected chi connectivity index (χ4v) is 2.46. The lowest BCUT2D eigenvalue weighted by molar-refractivity contribution is 0.0400. The molecular weight excluding hydrogens is 392 g/mol. The van der Waals surface area contributed by atoms with E-state index < -0.39 is 0 Å². The van der Waals surface area contributed by atoms with Crippen molar-refractivity contribution < 1.29 is 38.0 Å². The Balaban J connectivity index is 2.38. The molecule has 0 aliphatic rings. The van der Waals surface area contributed by atoms with E-state index in [-0.39, 0.29) is 43.2 Å². The first-order valence-corrected chi connectivity index (χ1v) is 9.02. The standard InChI is InChI=1S/C22H26O8/c1-24-13-28-18-11-20(29-14-25-2)22(21(12-18)30-15-26-3)19(23)10-7-16-5-8-17(27-4)9-6-16/h5-12H,13-15H2,1-4H3/b10-7+. The maximum absolute atomic E-state index is 13.0. The van der Waals surface area contributed by atoms with E-state index in [4.69, 9.17) is 33.2 Å². The molecule has 2 rings (SSSR count). The lowest BCUT2D eigenvalue weighted by Gasteiger charge is -2.16. The molecule has 0 aliphatic carbocycles. The van der Waals surface area contributed by atoms with Gasteiger partial charge >= 0.3 is 0 Å². The highest BCUT2D eigenvalue weighted by Gasteiger charge is 2.20. The van der Waals surface area contributed by atoms with Crippen LogP contribution in [0.15, 0.2) is 42.5 Å². The van der Waals surface area contributed by atoms with E-state index in [1.54, 1.807) is 25.3 Å². The van der Waals surface area contributed by atoms with Crippen molar-refractivity contribution in [2.75, 3.05) is 48.8 Å². The minimum Gasteiger partial charge on any atom is -0.497 e. The van der Waals surface area contributed by atoms with Crippen molar-refractivity contribution in [3.63, 3.8) is 0 Å². The Morgan fingerprint density at radius 3 is 1.80 bits per heavy atom. The summed E-state index contributed by atoms with van der Waals surface area (Å²) in [5.41, 5.74) is 1.06. The second kappa shape index (κ2) is 12.5. The van der Waals surface area contributed by atoms with Gasteiger partial charge in [0.1, 0.15) is 28.6 Å². The maximum Gasteiger partial charge on any atom is 0.193 e. The van der Waals surface area contributed by atoms with Crippen LogP contribution in [0.4, 0.5) is 0 Å². The molecule has 0 atom stereocenters. The van der Waals surface area contributed by atoms with Crippen molar-refractivity contribution in [1.29, 1.82) is 0 Å². The molecule has 2 aromatic carbocycles. The molecule has 0 saturated heterocycles. The van der Waals surface area contributed by atoms with Gasteiger partial charge in [-0.25, -0.2) is 0 Å². The Morgan fingerprint density at radius 1 is 0.767 bits per heavy atom. The molecule has 0 fully saturated rings. The number of ether oxygens (including phenoxy) is 7. The zero-order valence-electron chi connectivity index (χ0n) is 17.5. The topological polar surface area (TPSA) is 81.7 Å². The van der Waals surface area contributed by atoms with Gasteiger partial charge in [-0.05, 0) is 23.8 Å². The lowest BCUT2D eigenvalue weighted by Crippen LogP contribution is -2.10. The van der Waals surface area contributed by atoms with Crippen molar-refractivity contribution in [3.8, 4) is 23.0 Å². The van der Waals surface area contributed by atoms with E-state index in [1.165, 1.54) is 27.4 Å². The van der Waals surface area contributed by atoms with Gasteiger partial charge in [0.25, 0.3) is 0 Å². The molecule has 8 heteroatoms. The molecule has 0 heterocycles. The average molecular weight is 418 g/mol. The van der Waals surface area contributed by atoms with Crippen LogP contribution in [0.2, 0.25) is 0 Å². The van der Waals surface area contributed by atoms with E-state index in [9.17, 15) is 4.79 Å². The third-order valence-corrected chi connectivity index (χ3v) is 3.84. The first kappa shape index (κ1) is 23.2. The predicted octanol–water partition coefficient (Wildman–Crippen LogP) is 3.54. The van der Waals surface area contributed by atoms with Crippen LogP contribution < -0.4 is 18.9 Å². The van der Waals surface area contributed by atoms with Gasteiger partial charge in [0.15, 0.2) is 26.2 Å². The van der Waals surface area contributed by atoms with Gasteiger partial charge in [0.05, 0.1) is 7.11 Å². The third-order valence-electron chi connectivity index (χ3n) is 3.84. The zero-order chi connectivity index (χ0) is 21.8. The van der Waals surface area contributed by atoms with Gasteiger partial charge in [0.2, 0.25) is 0 Å². The minimum atomic E-state index is -0.318. The highest BCUT2D eigenvalue weighted by Crippen LogP contribution is 2.35. The smallest absolute Gasteiger partial charge is 0.193 e. The Bertz CT molecular complexity index is 801. The van der Waals surface area contributed by atoms with Crippen LogP contribution in [0.25, 0.3) is 6.08 Å². The van der Waals surface area contributed by atoms with E-state index >= 15 is 0 Å². The minimum absolute atomic E-state index is 0.0259. The first-order chi connectivity index (χ1) is 14.6. The van der Waals surface area contributed by atoms with Crippen LogP contribution >= 0.6 is 0 Å². The molecule has 2 aromatic rings. The van der Waals surface area contributed by atoms with Gasteiger partial charge in [-0.1, -0.05) is 18.2 Å². The summed E-state index contributed by atoms with van der Waals surface area (Å²) in [4.78, 5) is 13.0. The summed E-state index contributed by atoms with van der Waals surface area (Å²) in [6.07, 6.45) is 3.13. The Labute approximate surface area is 175 Å². The number of carbonyl (C=O) groups is 1. The monoisotopic (exact) mass is 418 g/mol. The normalized spacial score (nSPS) is 10.8. The van der Waals surface area contributed by atoms with Crippen LogP contribution in [0.1, 0.15) is 15.9 Å². The highest BCUT2D eigenvalue weighted by atomic mass is 16.7. The molecular formula is C22H26O8. The molecule has 0 saturated carbocycles. The molecule has 0 radical (unpaired) electrons. The second-order valence-corrected chi connectivity index (χ2v) is 5.92. The van der Waals surface area contributed by atoms with Crippen LogP contribution in [-0.2, 0) is 14.2 Å². The fraction of sp³-hybridized carbons (Fsp3) is 0.318. The summed E-state index contributed by atoms with van der Waals surface area (Å²) in [6.45, 7) is -0.0854.